The fraction of sp³-hybridized carbons (Fsp3) is 0.333. The summed E-state index contributed by atoms with van der Waals surface area (Å²) >= 11 is 4.82. The average Bonchev–Trinajstić information content (AvgIpc) is 2.47. The number of carbonyl (C=O) groups is 1. The summed E-state index contributed by atoms with van der Waals surface area (Å²) < 4.78 is 5.53. The Morgan fingerprint density at radius 3 is 3.00 bits per heavy atom. The normalized spacial score (nSPS) is 14.8. The highest BCUT2D eigenvalue weighted by Gasteiger charge is 2.22. The van der Waals surface area contributed by atoms with E-state index in [1.165, 1.54) is 0 Å². The zero-order chi connectivity index (χ0) is 12.3. The number of carbonyl (C=O) groups excluding carboxylic acids is 1. The summed E-state index contributed by atoms with van der Waals surface area (Å²) in [5.41, 5.74) is 6.06. The second kappa shape index (κ2) is 5.14. The maximum absolute atomic E-state index is 12.2. The van der Waals surface area contributed by atoms with Gasteiger partial charge >= 0.3 is 0 Å². The molecular formula is C12H14N2O2S. The van der Waals surface area contributed by atoms with Crippen LogP contribution in [0, 0.1) is 0 Å². The SMILES string of the molecule is NC(=S)CCN1CCOc2ccccc2C1=O. The van der Waals surface area contributed by atoms with Crippen molar-refractivity contribution in [3.05, 3.63) is 29.8 Å². The molecule has 1 aromatic rings. The molecule has 1 aliphatic heterocycles. The predicted octanol–water partition coefficient (Wildman–Crippen LogP) is 1.20. The number of para-hydroxylation sites is 1. The van der Waals surface area contributed by atoms with Crippen molar-refractivity contribution in [2.24, 2.45) is 5.73 Å². The molecule has 0 fully saturated rings. The van der Waals surface area contributed by atoms with Crippen molar-refractivity contribution in [3.63, 3.8) is 0 Å². The Morgan fingerprint density at radius 1 is 1.47 bits per heavy atom. The van der Waals surface area contributed by atoms with Crippen LogP contribution in [0.3, 0.4) is 0 Å². The first-order valence-electron chi connectivity index (χ1n) is 5.48. The standard InChI is InChI=1S/C12H14N2O2S/c13-11(17)5-6-14-7-8-16-10-4-2-1-3-9(10)12(14)15/h1-4H,5-8H2,(H2,13,17). The van der Waals surface area contributed by atoms with Gasteiger partial charge in [-0.05, 0) is 12.1 Å². The summed E-state index contributed by atoms with van der Waals surface area (Å²) in [6, 6.07) is 7.27. The molecule has 4 nitrogen and oxygen atoms in total. The molecule has 5 heteroatoms. The number of amides is 1. The molecule has 0 unspecified atom stereocenters. The fourth-order valence-corrected chi connectivity index (χ4v) is 1.86. The summed E-state index contributed by atoms with van der Waals surface area (Å²) in [5.74, 6) is 0.629. The van der Waals surface area contributed by atoms with Gasteiger partial charge in [-0.15, -0.1) is 0 Å². The van der Waals surface area contributed by atoms with Gasteiger partial charge in [-0.3, -0.25) is 4.79 Å². The van der Waals surface area contributed by atoms with Crippen molar-refractivity contribution in [2.75, 3.05) is 19.7 Å². The molecule has 1 heterocycles. The van der Waals surface area contributed by atoms with Crippen molar-refractivity contribution in [1.29, 1.82) is 0 Å². The van der Waals surface area contributed by atoms with E-state index in [-0.39, 0.29) is 5.91 Å². The number of hydrogen-bond acceptors (Lipinski definition) is 3. The Morgan fingerprint density at radius 2 is 2.24 bits per heavy atom. The van der Waals surface area contributed by atoms with E-state index >= 15 is 0 Å². The maximum atomic E-state index is 12.2. The van der Waals surface area contributed by atoms with E-state index in [9.17, 15) is 4.79 Å². The lowest BCUT2D eigenvalue weighted by Crippen LogP contribution is -2.34. The molecular weight excluding hydrogens is 236 g/mol. The van der Waals surface area contributed by atoms with Crippen LogP contribution < -0.4 is 10.5 Å². The Balaban J connectivity index is 2.17. The third kappa shape index (κ3) is 2.74. The van der Waals surface area contributed by atoms with Gasteiger partial charge in [0.2, 0.25) is 0 Å². The highest BCUT2D eigenvalue weighted by molar-refractivity contribution is 7.80. The smallest absolute Gasteiger partial charge is 0.257 e. The van der Waals surface area contributed by atoms with E-state index in [1.807, 2.05) is 18.2 Å². The largest absolute Gasteiger partial charge is 0.491 e. The zero-order valence-corrected chi connectivity index (χ0v) is 10.2. The molecule has 90 valence electrons. The lowest BCUT2D eigenvalue weighted by Gasteiger charge is -2.19. The molecule has 0 aromatic heterocycles. The van der Waals surface area contributed by atoms with Crippen LogP contribution in [-0.4, -0.2) is 35.5 Å². The van der Waals surface area contributed by atoms with Gasteiger partial charge in [0.05, 0.1) is 17.1 Å². The molecule has 17 heavy (non-hydrogen) atoms. The van der Waals surface area contributed by atoms with E-state index in [4.69, 9.17) is 22.7 Å². The summed E-state index contributed by atoms with van der Waals surface area (Å²) in [4.78, 5) is 14.4. The molecule has 1 amide bonds. The summed E-state index contributed by atoms with van der Waals surface area (Å²) in [7, 11) is 0. The van der Waals surface area contributed by atoms with Gasteiger partial charge in [-0.1, -0.05) is 24.4 Å². The highest BCUT2D eigenvalue weighted by Crippen LogP contribution is 2.22. The molecule has 0 atom stereocenters. The van der Waals surface area contributed by atoms with Crippen molar-refractivity contribution in [1.82, 2.24) is 4.90 Å². The van der Waals surface area contributed by atoms with Crippen LogP contribution in [0.25, 0.3) is 0 Å². The average molecular weight is 250 g/mol. The molecule has 0 saturated heterocycles. The van der Waals surface area contributed by atoms with Gasteiger partial charge in [0.1, 0.15) is 12.4 Å². The van der Waals surface area contributed by atoms with Crippen molar-refractivity contribution < 1.29 is 9.53 Å². The van der Waals surface area contributed by atoms with Gasteiger partial charge in [0.15, 0.2) is 0 Å². The van der Waals surface area contributed by atoms with Gasteiger partial charge in [0.25, 0.3) is 5.91 Å². The lowest BCUT2D eigenvalue weighted by atomic mass is 10.2. The highest BCUT2D eigenvalue weighted by atomic mass is 32.1. The van der Waals surface area contributed by atoms with Gasteiger partial charge < -0.3 is 15.4 Å². The topological polar surface area (TPSA) is 55.6 Å². The number of hydrogen-bond donors (Lipinski definition) is 1. The minimum absolute atomic E-state index is 0.0191. The molecule has 2 rings (SSSR count). The van der Waals surface area contributed by atoms with Crippen LogP contribution in [0.1, 0.15) is 16.8 Å². The van der Waals surface area contributed by atoms with Crippen LogP contribution >= 0.6 is 12.2 Å². The third-order valence-electron chi connectivity index (χ3n) is 2.65. The number of nitrogens with two attached hydrogens (primary N) is 1. The Kier molecular flexibility index (Phi) is 3.58. The molecule has 0 aliphatic carbocycles. The number of rotatable bonds is 3. The lowest BCUT2D eigenvalue weighted by molar-refractivity contribution is 0.0760. The van der Waals surface area contributed by atoms with Crippen LogP contribution in [0.5, 0.6) is 5.75 Å². The molecule has 0 radical (unpaired) electrons. The molecule has 1 aliphatic rings. The van der Waals surface area contributed by atoms with Crippen molar-refractivity contribution in [3.8, 4) is 5.75 Å². The first-order valence-corrected chi connectivity index (χ1v) is 5.88. The van der Waals surface area contributed by atoms with Gasteiger partial charge in [-0.25, -0.2) is 0 Å². The third-order valence-corrected chi connectivity index (χ3v) is 2.86. The summed E-state index contributed by atoms with van der Waals surface area (Å²) in [6.07, 6.45) is 0.545. The molecule has 2 N–H and O–H groups in total. The minimum atomic E-state index is -0.0191. The summed E-state index contributed by atoms with van der Waals surface area (Å²) in [5, 5.41) is 0. The Hall–Kier alpha value is -1.62. The monoisotopic (exact) mass is 250 g/mol. The van der Waals surface area contributed by atoms with Crippen molar-refractivity contribution in [2.45, 2.75) is 6.42 Å². The first kappa shape index (κ1) is 11.9. The number of fused-ring (bicyclic) bond motifs is 1. The van der Waals surface area contributed by atoms with Gasteiger partial charge in [0, 0.05) is 13.0 Å². The van der Waals surface area contributed by atoms with Crippen LogP contribution in [0.2, 0.25) is 0 Å². The van der Waals surface area contributed by atoms with E-state index < -0.39 is 0 Å². The number of benzene rings is 1. The Bertz CT molecular complexity index is 448. The molecule has 0 bridgehead atoms. The number of nitrogens with zero attached hydrogens (tertiary/aromatic N) is 1. The quantitative estimate of drug-likeness (QED) is 0.819. The maximum Gasteiger partial charge on any atom is 0.257 e. The fourth-order valence-electron chi connectivity index (χ4n) is 1.77. The molecule has 0 spiro atoms. The van der Waals surface area contributed by atoms with Crippen LogP contribution in [-0.2, 0) is 0 Å². The second-order valence-electron chi connectivity index (χ2n) is 3.85. The van der Waals surface area contributed by atoms with Crippen LogP contribution in [0.15, 0.2) is 24.3 Å². The van der Waals surface area contributed by atoms with E-state index in [0.29, 0.717) is 42.4 Å². The Labute approximate surface area is 105 Å². The van der Waals surface area contributed by atoms with Crippen molar-refractivity contribution >= 4 is 23.1 Å². The zero-order valence-electron chi connectivity index (χ0n) is 9.39. The van der Waals surface area contributed by atoms with E-state index in [1.54, 1.807) is 11.0 Å². The minimum Gasteiger partial charge on any atom is -0.491 e. The molecule has 1 aromatic carbocycles. The second-order valence-corrected chi connectivity index (χ2v) is 4.38. The first-order chi connectivity index (χ1) is 8.18. The van der Waals surface area contributed by atoms with E-state index in [2.05, 4.69) is 0 Å². The van der Waals surface area contributed by atoms with E-state index in [0.717, 1.165) is 0 Å². The number of ether oxygens (including phenoxy) is 1. The van der Waals surface area contributed by atoms with Gasteiger partial charge in [-0.2, -0.15) is 0 Å². The predicted molar refractivity (Wildman–Crippen MR) is 69.2 cm³/mol. The van der Waals surface area contributed by atoms with Crippen LogP contribution in [0.4, 0.5) is 0 Å². The number of thiocarbonyl (C=S) groups is 1. The molecule has 0 saturated carbocycles. The summed E-state index contributed by atoms with van der Waals surface area (Å²) in [6.45, 7) is 1.61.